The van der Waals surface area contributed by atoms with E-state index in [4.69, 9.17) is 15.0 Å². The second-order valence-electron chi connectivity index (χ2n) is 36.8. The Balaban J connectivity index is 0.722. The van der Waals surface area contributed by atoms with Gasteiger partial charge in [0.1, 0.15) is 0 Å². The molecule has 0 radical (unpaired) electrons. The summed E-state index contributed by atoms with van der Waals surface area (Å²) >= 11 is 0. The first-order valence-electron chi connectivity index (χ1n) is 43.7. The van der Waals surface area contributed by atoms with Crippen LogP contribution in [0.2, 0.25) is 0 Å². The Bertz CT molecular complexity index is 6880. The maximum atomic E-state index is 5.92. The van der Waals surface area contributed by atoms with Gasteiger partial charge in [0.15, 0.2) is 0 Å². The van der Waals surface area contributed by atoms with Crippen molar-refractivity contribution in [3.63, 3.8) is 0 Å². The van der Waals surface area contributed by atoms with Gasteiger partial charge in [0.25, 0.3) is 0 Å². The lowest BCUT2D eigenvalue weighted by atomic mass is 9.61. The number of anilines is 6. The molecule has 0 spiro atoms. The van der Waals surface area contributed by atoms with E-state index in [1.807, 2.05) is 0 Å². The topological polar surface area (TPSA) is 48.4 Å². The van der Waals surface area contributed by atoms with Gasteiger partial charge in [-0.1, -0.05) is 266 Å². The monoisotopic (exact) mass is 1530 g/mol. The zero-order valence-corrected chi connectivity index (χ0v) is 68.7. The lowest BCUT2D eigenvalue weighted by molar-refractivity contribution is 0.195. The molecule has 3 saturated carbocycles. The van der Waals surface area contributed by atoms with Gasteiger partial charge in [-0.3, -0.25) is 0 Å². The van der Waals surface area contributed by atoms with Gasteiger partial charge >= 0.3 is 0 Å². The molecule has 6 atom stereocenters. The fourth-order valence-electron chi connectivity index (χ4n) is 24.9. The molecule has 3 aliphatic carbocycles. The first-order chi connectivity index (χ1) is 58.2. The SMILES string of the molecule is CC12CCCCC1(C)N(c1ccccc1)c1ccc(-c3cccc(-c4ccc5c6c(-c7ccccc7)c7c8ccc(-c9cccc(-c%10ccc%11c(c%10)C%10(C)CCCCC%10(C)N%11c%10ccccc%10)n9)c9c(-c%10cccc(-c%11ccc%12c(c%11)C%11(C)CCCCC%11(C)N%12c%11ccccc%11)n%10)ccc(c7c(-c7ccccc7)c6c6cccc4c65)c98)n3)cc12. The van der Waals surface area contributed by atoms with Crippen molar-refractivity contribution in [1.29, 1.82) is 0 Å². The van der Waals surface area contributed by atoms with Crippen LogP contribution in [0.5, 0.6) is 0 Å². The van der Waals surface area contributed by atoms with Crippen LogP contribution in [0.25, 0.3) is 154 Å². The summed E-state index contributed by atoms with van der Waals surface area (Å²) in [6, 6.07) is 119. The summed E-state index contributed by atoms with van der Waals surface area (Å²) in [4.78, 5) is 25.6. The first-order valence-corrected chi connectivity index (χ1v) is 43.7. The molecule has 15 aromatic carbocycles. The molecule has 24 rings (SSSR count). The average molecular weight is 1540 g/mol. The van der Waals surface area contributed by atoms with Gasteiger partial charge in [0.05, 0.1) is 50.8 Å². The van der Waals surface area contributed by atoms with E-state index >= 15 is 0 Å². The third-order valence-electron chi connectivity index (χ3n) is 31.2. The number of pyridine rings is 3. The summed E-state index contributed by atoms with van der Waals surface area (Å²) in [5.74, 6) is 0. The smallest absolute Gasteiger partial charge is 0.0716 e. The Morgan fingerprint density at radius 1 is 0.218 bits per heavy atom. The van der Waals surface area contributed by atoms with Gasteiger partial charge in [-0.25, -0.2) is 15.0 Å². The summed E-state index contributed by atoms with van der Waals surface area (Å²) in [6.07, 6.45) is 14.2. The number of hydrogen-bond acceptors (Lipinski definition) is 6. The van der Waals surface area contributed by atoms with E-state index in [0.717, 1.165) is 111 Å². The van der Waals surface area contributed by atoms with Gasteiger partial charge in [-0.05, 0) is 267 Å². The number of nitrogens with zero attached hydrogens (tertiary/aromatic N) is 6. The maximum absolute atomic E-state index is 5.92. The Kier molecular flexibility index (Phi) is 15.3. The minimum atomic E-state index is -0.0766. The molecule has 119 heavy (non-hydrogen) atoms. The van der Waals surface area contributed by atoms with Crippen LogP contribution in [0.4, 0.5) is 34.1 Å². The summed E-state index contributed by atoms with van der Waals surface area (Å²) in [6.45, 7) is 15.2. The van der Waals surface area contributed by atoms with Crippen molar-refractivity contribution in [3.05, 3.63) is 332 Å². The Morgan fingerprint density at radius 2 is 0.513 bits per heavy atom. The van der Waals surface area contributed by atoms with Crippen molar-refractivity contribution in [2.45, 2.75) is 151 Å². The molecule has 3 fully saturated rings. The number of hydrogen-bond donors (Lipinski definition) is 0. The molecule has 0 N–H and O–H groups in total. The molecule has 576 valence electrons. The average Bonchev–Trinajstić information content (AvgIpc) is 1.52. The quantitative estimate of drug-likeness (QED) is 0.129. The van der Waals surface area contributed by atoms with Gasteiger partial charge in [-0.15, -0.1) is 0 Å². The zero-order chi connectivity index (χ0) is 79.5. The van der Waals surface area contributed by atoms with Crippen molar-refractivity contribution < 1.29 is 0 Å². The third kappa shape index (κ3) is 9.74. The Labute approximate surface area is 697 Å². The van der Waals surface area contributed by atoms with Crippen molar-refractivity contribution in [3.8, 4) is 89.8 Å². The Morgan fingerprint density at radius 3 is 0.882 bits per heavy atom. The van der Waals surface area contributed by atoms with E-state index in [-0.39, 0.29) is 32.9 Å². The highest BCUT2D eigenvalue weighted by Crippen LogP contribution is 2.66. The molecule has 6 nitrogen and oxygen atoms in total. The molecular weight excluding hydrogens is 1440 g/mol. The lowest BCUT2D eigenvalue weighted by Crippen LogP contribution is -2.54. The predicted molar refractivity (Wildman–Crippen MR) is 499 cm³/mol. The standard InChI is InChI=1S/C113H94N6/c1-108-62-22-25-65-111(108,4)117(76-36-16-9-17-37-76)96-59-50-73(68-87(96)108)90-44-29-47-93(114-90)79-53-56-84-101-80(79)42-28-43-83(101)104-99(71-32-12-7-13-33-71)106-85-57-54-81(94-48-30-45-91(115-94)74-51-60-97-88(69-74)109(2)63-23-26-66-112(109,5)118(97)77-38-18-10-19-39-77)102-82(55-58-86(103(85)102)107(106)100(105(84)104)72-34-14-8-15-35-72)95-49-31-46-92(116-95)75-52-61-98-89(70-75)110(3)64-24-27-67-113(110,6)119(98)78-40-20-11-21-41-78/h7-21,28-61,68-70H,22-27,62-67H2,1-6H3. The molecule has 6 heteroatoms. The van der Waals surface area contributed by atoms with Crippen LogP contribution >= 0.6 is 0 Å². The van der Waals surface area contributed by atoms with Crippen LogP contribution in [0.3, 0.4) is 0 Å². The summed E-state index contributed by atoms with van der Waals surface area (Å²) < 4.78 is 0. The number of benzene rings is 13. The van der Waals surface area contributed by atoms with E-state index in [1.54, 1.807) is 0 Å². The summed E-state index contributed by atoms with van der Waals surface area (Å²) in [5.41, 5.74) is 29.0. The molecule has 6 unspecified atom stereocenters. The van der Waals surface area contributed by atoms with Crippen molar-refractivity contribution >= 4 is 98.8 Å². The van der Waals surface area contributed by atoms with Gasteiger partial charge in [0, 0.05) is 89.1 Å². The molecular formula is C113H94N6. The molecule has 3 aliphatic heterocycles. The maximum Gasteiger partial charge on any atom is 0.0716 e. The fourth-order valence-corrected chi connectivity index (χ4v) is 24.9. The van der Waals surface area contributed by atoms with Crippen LogP contribution in [0.1, 0.15) is 135 Å². The largest absolute Gasteiger partial charge is 0.334 e. The molecule has 6 aliphatic rings. The number of fused-ring (bicyclic) bond motifs is 15. The minimum Gasteiger partial charge on any atom is -0.334 e. The van der Waals surface area contributed by atoms with E-state index in [0.29, 0.717) is 0 Å². The van der Waals surface area contributed by atoms with E-state index in [9.17, 15) is 0 Å². The first kappa shape index (κ1) is 70.4. The molecule has 3 aromatic heterocycles. The normalized spacial score (nSPS) is 22.5. The highest BCUT2D eigenvalue weighted by Gasteiger charge is 2.61. The minimum absolute atomic E-state index is 0.0229. The number of aromatic nitrogens is 3. The van der Waals surface area contributed by atoms with Crippen LogP contribution in [0.15, 0.2) is 315 Å². The second-order valence-corrected chi connectivity index (χ2v) is 36.8. The molecule has 18 aromatic rings. The molecule has 6 heterocycles. The van der Waals surface area contributed by atoms with E-state index < -0.39 is 0 Å². The van der Waals surface area contributed by atoms with Crippen molar-refractivity contribution in [2.24, 2.45) is 0 Å². The van der Waals surface area contributed by atoms with Crippen LogP contribution in [-0.2, 0) is 16.2 Å². The van der Waals surface area contributed by atoms with Crippen molar-refractivity contribution in [2.75, 3.05) is 14.7 Å². The summed E-state index contributed by atoms with van der Waals surface area (Å²) in [7, 11) is 0. The van der Waals surface area contributed by atoms with Crippen LogP contribution in [0, 0.1) is 0 Å². The van der Waals surface area contributed by atoms with E-state index in [2.05, 4.69) is 372 Å². The van der Waals surface area contributed by atoms with Gasteiger partial charge in [0.2, 0.25) is 0 Å². The van der Waals surface area contributed by atoms with Crippen LogP contribution in [-0.4, -0.2) is 31.6 Å². The third-order valence-corrected chi connectivity index (χ3v) is 31.2. The molecule has 0 saturated heterocycles. The second kappa shape index (κ2) is 25.9. The van der Waals surface area contributed by atoms with Gasteiger partial charge < -0.3 is 14.7 Å². The molecule has 0 amide bonds. The highest BCUT2D eigenvalue weighted by molar-refractivity contribution is 6.47. The van der Waals surface area contributed by atoms with E-state index in [1.165, 1.54) is 171 Å². The highest BCUT2D eigenvalue weighted by atomic mass is 15.3. The predicted octanol–water partition coefficient (Wildman–Crippen LogP) is 30.2. The Hall–Kier alpha value is -12.8. The number of rotatable bonds is 11. The summed E-state index contributed by atoms with van der Waals surface area (Å²) in [5, 5.41) is 14.8. The molecule has 0 bridgehead atoms. The number of para-hydroxylation sites is 3. The lowest BCUT2D eigenvalue weighted by Gasteiger charge is -2.50. The zero-order valence-electron chi connectivity index (χ0n) is 68.7. The fraction of sp³-hybridized carbons (Fsp3) is 0.212. The van der Waals surface area contributed by atoms with Crippen molar-refractivity contribution in [1.82, 2.24) is 15.0 Å². The van der Waals surface area contributed by atoms with Gasteiger partial charge in [-0.2, -0.15) is 0 Å². The van der Waals surface area contributed by atoms with Crippen LogP contribution < -0.4 is 14.7 Å².